The predicted molar refractivity (Wildman–Crippen MR) is 137 cm³/mol. The van der Waals surface area contributed by atoms with Gasteiger partial charge in [-0.3, -0.25) is 14.4 Å². The molecule has 2 aliphatic heterocycles. The number of hydrogen-bond acceptors (Lipinski definition) is 5. The number of amides is 3. The van der Waals surface area contributed by atoms with Gasteiger partial charge in [0, 0.05) is 34.9 Å². The molecule has 0 bridgehead atoms. The molecule has 0 unspecified atom stereocenters. The van der Waals surface area contributed by atoms with E-state index in [0.29, 0.717) is 41.4 Å². The molecule has 9 nitrogen and oxygen atoms in total. The molecular weight excluding hydrogens is 494 g/mol. The van der Waals surface area contributed by atoms with Crippen molar-refractivity contribution in [2.45, 2.75) is 31.3 Å². The molecule has 5 rings (SSSR count). The van der Waals surface area contributed by atoms with Crippen molar-refractivity contribution in [2.24, 2.45) is 5.92 Å². The Morgan fingerprint density at radius 1 is 1.30 bits per heavy atom. The Hall–Kier alpha value is -4.03. The number of fused-ring (bicyclic) bond motifs is 2. The lowest BCUT2D eigenvalue weighted by molar-refractivity contribution is -0.127. The normalized spacial score (nSPS) is 19.6. The number of halogens is 1. The standard InChI is InChI=1S/C27H26ClN5O4/c1-37-23-7-3-6-21-19(23)13-22(32-21)27(36)33-11-9-17-18(4-2-5-20(17)28)24(33)26(35)31-16(14-29)12-15-8-10-30-25(15)34/h2-7,13,15-16,24,32H,8-12H2,1H3,(H,30,34)(H,31,35)/t15-,16-,24-/m0/s1. The van der Waals surface area contributed by atoms with Crippen LogP contribution in [0.1, 0.15) is 40.5 Å². The first-order valence-corrected chi connectivity index (χ1v) is 12.5. The Labute approximate surface area is 218 Å². The average molecular weight is 520 g/mol. The van der Waals surface area contributed by atoms with Crippen LogP contribution in [0, 0.1) is 17.2 Å². The number of hydrogen-bond donors (Lipinski definition) is 3. The highest BCUT2D eigenvalue weighted by molar-refractivity contribution is 6.31. The van der Waals surface area contributed by atoms with Crippen LogP contribution in [0.5, 0.6) is 5.75 Å². The van der Waals surface area contributed by atoms with E-state index in [4.69, 9.17) is 16.3 Å². The number of carbonyl (C=O) groups is 3. The number of nitrogens with one attached hydrogen (secondary N) is 3. The van der Waals surface area contributed by atoms with Crippen molar-refractivity contribution in [3.8, 4) is 11.8 Å². The smallest absolute Gasteiger partial charge is 0.271 e. The van der Waals surface area contributed by atoms with Crippen LogP contribution < -0.4 is 15.4 Å². The molecule has 10 heteroatoms. The van der Waals surface area contributed by atoms with Gasteiger partial charge in [-0.1, -0.05) is 29.8 Å². The number of H-pyrrole nitrogens is 1. The highest BCUT2D eigenvalue weighted by Gasteiger charge is 2.39. The van der Waals surface area contributed by atoms with Crippen molar-refractivity contribution in [3.05, 3.63) is 64.3 Å². The fraction of sp³-hybridized carbons (Fsp3) is 0.333. The van der Waals surface area contributed by atoms with Gasteiger partial charge in [0.2, 0.25) is 11.8 Å². The molecule has 0 aliphatic carbocycles. The highest BCUT2D eigenvalue weighted by Crippen LogP contribution is 2.36. The maximum Gasteiger partial charge on any atom is 0.271 e. The van der Waals surface area contributed by atoms with Gasteiger partial charge in [0.1, 0.15) is 23.5 Å². The van der Waals surface area contributed by atoms with E-state index in [1.807, 2.05) is 18.2 Å². The second-order valence-corrected chi connectivity index (χ2v) is 9.67. The van der Waals surface area contributed by atoms with E-state index in [2.05, 4.69) is 21.7 Å². The zero-order valence-corrected chi connectivity index (χ0v) is 21.0. The van der Waals surface area contributed by atoms with E-state index in [0.717, 1.165) is 16.5 Å². The van der Waals surface area contributed by atoms with Crippen LogP contribution in [0.4, 0.5) is 0 Å². The maximum absolute atomic E-state index is 13.8. The van der Waals surface area contributed by atoms with Crippen molar-refractivity contribution in [1.82, 2.24) is 20.5 Å². The summed E-state index contributed by atoms with van der Waals surface area (Å²) >= 11 is 6.45. The fourth-order valence-corrected chi connectivity index (χ4v) is 5.53. The second-order valence-electron chi connectivity index (χ2n) is 9.27. The molecule has 1 saturated heterocycles. The van der Waals surface area contributed by atoms with Crippen LogP contribution >= 0.6 is 11.6 Å². The van der Waals surface area contributed by atoms with Gasteiger partial charge in [-0.15, -0.1) is 0 Å². The Kier molecular flexibility index (Phi) is 6.76. The first-order chi connectivity index (χ1) is 17.9. The predicted octanol–water partition coefficient (Wildman–Crippen LogP) is 3.10. The molecule has 2 aliphatic rings. The van der Waals surface area contributed by atoms with Crippen LogP contribution in [-0.4, -0.2) is 53.8 Å². The quantitative estimate of drug-likeness (QED) is 0.461. The summed E-state index contributed by atoms with van der Waals surface area (Å²) in [5, 5.41) is 16.5. The molecule has 3 aromatic rings. The average Bonchev–Trinajstić information content (AvgIpc) is 3.53. The minimum absolute atomic E-state index is 0.115. The second kappa shape index (κ2) is 10.1. The summed E-state index contributed by atoms with van der Waals surface area (Å²) in [5.74, 6) is -0.666. The SMILES string of the molecule is COc1cccc2[nH]c(C(=O)N3CCc4c(Cl)cccc4[C@H]3C(=O)N[C@H](C#N)C[C@@H]3CCNC3=O)cc12. The number of carbonyl (C=O) groups excluding carboxylic acids is 3. The van der Waals surface area contributed by atoms with Crippen molar-refractivity contribution in [3.63, 3.8) is 0 Å². The van der Waals surface area contributed by atoms with E-state index in [1.165, 1.54) is 4.90 Å². The van der Waals surface area contributed by atoms with Crippen molar-refractivity contribution < 1.29 is 19.1 Å². The van der Waals surface area contributed by atoms with Gasteiger partial charge in [0.05, 0.1) is 13.2 Å². The summed E-state index contributed by atoms with van der Waals surface area (Å²) in [6, 6.07) is 12.7. The molecule has 0 saturated carbocycles. The van der Waals surface area contributed by atoms with Crippen LogP contribution in [0.3, 0.4) is 0 Å². The summed E-state index contributed by atoms with van der Waals surface area (Å²) in [6.45, 7) is 0.823. The van der Waals surface area contributed by atoms with Crippen molar-refractivity contribution in [2.75, 3.05) is 20.2 Å². The summed E-state index contributed by atoms with van der Waals surface area (Å²) in [6.07, 6.45) is 1.31. The van der Waals surface area contributed by atoms with Crippen LogP contribution in [0.25, 0.3) is 10.9 Å². The Bertz CT molecular complexity index is 1430. The molecule has 3 amide bonds. The first kappa shape index (κ1) is 24.7. The number of ether oxygens (including phenoxy) is 1. The van der Waals surface area contributed by atoms with Crippen molar-refractivity contribution in [1.29, 1.82) is 5.26 Å². The topological polar surface area (TPSA) is 127 Å². The third-order valence-corrected chi connectivity index (χ3v) is 7.46. The van der Waals surface area contributed by atoms with Crippen LogP contribution in [0.15, 0.2) is 42.5 Å². The van der Waals surface area contributed by atoms with Gasteiger partial charge in [0.15, 0.2) is 0 Å². The molecule has 1 fully saturated rings. The number of aromatic amines is 1. The molecule has 0 spiro atoms. The minimum Gasteiger partial charge on any atom is -0.496 e. The van der Waals surface area contributed by atoms with Crippen LogP contribution in [-0.2, 0) is 16.0 Å². The molecule has 2 aromatic carbocycles. The van der Waals surface area contributed by atoms with Gasteiger partial charge in [-0.05, 0) is 54.7 Å². The van der Waals surface area contributed by atoms with Gasteiger partial charge in [0.25, 0.3) is 5.91 Å². The minimum atomic E-state index is -0.989. The van der Waals surface area contributed by atoms with E-state index >= 15 is 0 Å². The molecule has 190 valence electrons. The molecule has 0 radical (unpaired) electrons. The van der Waals surface area contributed by atoms with Crippen molar-refractivity contribution >= 4 is 40.2 Å². The number of nitriles is 1. The number of methoxy groups -OCH3 is 1. The van der Waals surface area contributed by atoms with E-state index in [1.54, 1.807) is 31.4 Å². The molecule has 1 aromatic heterocycles. The highest BCUT2D eigenvalue weighted by atomic mass is 35.5. The molecule has 3 atom stereocenters. The van der Waals surface area contributed by atoms with Gasteiger partial charge in [-0.2, -0.15) is 5.26 Å². The number of aromatic nitrogens is 1. The summed E-state index contributed by atoms with van der Waals surface area (Å²) in [5.41, 5.74) is 2.48. The molecular formula is C27H26ClN5O4. The number of nitrogens with zero attached hydrogens (tertiary/aromatic N) is 2. The lowest BCUT2D eigenvalue weighted by atomic mass is 9.91. The monoisotopic (exact) mass is 519 g/mol. The Morgan fingerprint density at radius 2 is 2.11 bits per heavy atom. The van der Waals surface area contributed by atoms with Crippen LogP contribution in [0.2, 0.25) is 5.02 Å². The third-order valence-electron chi connectivity index (χ3n) is 7.10. The van der Waals surface area contributed by atoms with Gasteiger partial charge in [-0.25, -0.2) is 0 Å². The molecule has 3 N–H and O–H groups in total. The zero-order valence-electron chi connectivity index (χ0n) is 20.2. The zero-order chi connectivity index (χ0) is 26.1. The summed E-state index contributed by atoms with van der Waals surface area (Å²) in [4.78, 5) is 44.1. The van der Waals surface area contributed by atoms with E-state index in [-0.39, 0.29) is 30.7 Å². The molecule has 3 heterocycles. The summed E-state index contributed by atoms with van der Waals surface area (Å²) < 4.78 is 5.42. The maximum atomic E-state index is 13.8. The first-order valence-electron chi connectivity index (χ1n) is 12.1. The third kappa shape index (κ3) is 4.60. The fourth-order valence-electron chi connectivity index (χ4n) is 5.25. The van der Waals surface area contributed by atoms with Gasteiger partial charge < -0.3 is 25.3 Å². The lowest BCUT2D eigenvalue weighted by Crippen LogP contribution is -2.49. The van der Waals surface area contributed by atoms with E-state index < -0.39 is 18.0 Å². The Balaban J connectivity index is 1.47. The van der Waals surface area contributed by atoms with Gasteiger partial charge >= 0.3 is 0 Å². The largest absolute Gasteiger partial charge is 0.496 e. The lowest BCUT2D eigenvalue weighted by Gasteiger charge is -2.37. The summed E-state index contributed by atoms with van der Waals surface area (Å²) in [7, 11) is 1.57. The Morgan fingerprint density at radius 3 is 2.84 bits per heavy atom. The number of benzene rings is 2. The van der Waals surface area contributed by atoms with E-state index in [9.17, 15) is 19.6 Å². The number of rotatable bonds is 6. The molecule has 37 heavy (non-hydrogen) atoms.